The quantitative estimate of drug-likeness (QED) is 0.166. The smallest absolute Gasteiger partial charge is 0.410 e. The first-order valence-corrected chi connectivity index (χ1v) is 19.7. The molecule has 5 aromatic rings. The molecule has 0 bridgehead atoms. The number of likely N-dealkylation sites (tertiary alicyclic amines) is 1. The Hall–Kier alpha value is -4.95. The van der Waals surface area contributed by atoms with Gasteiger partial charge in [-0.3, -0.25) is 19.1 Å². The molecule has 1 N–H and O–H groups in total. The summed E-state index contributed by atoms with van der Waals surface area (Å²) >= 11 is 14.4. The second-order valence-electron chi connectivity index (χ2n) is 16.3. The molecule has 0 saturated carbocycles. The fraction of sp³-hybridized carbons (Fsp3) is 0.405. The van der Waals surface area contributed by atoms with Gasteiger partial charge in [-0.15, -0.1) is 0 Å². The molecule has 0 unspecified atom stereocenters. The van der Waals surface area contributed by atoms with Crippen molar-refractivity contribution in [3.63, 3.8) is 0 Å². The van der Waals surface area contributed by atoms with Gasteiger partial charge in [-0.05, 0) is 45.4 Å². The van der Waals surface area contributed by atoms with Crippen molar-refractivity contribution < 1.29 is 23.8 Å². The molecule has 0 aliphatic carbocycles. The van der Waals surface area contributed by atoms with Gasteiger partial charge in [0, 0.05) is 84.1 Å². The Labute approximate surface area is 340 Å². The predicted molar refractivity (Wildman–Crippen MR) is 217 cm³/mol. The SMILES string of the molecule is COc1nc(-c2cccc(-c3cccc(-c4cc5c(=O)n(C)c(CN6CC7(COC7)C6)nn5c4)c3Cl)c2Cl)ccc1CN(C[C@@H]1CCC(=O)N1)C(=O)OC(C)(C)C. The number of nitrogens with zero attached hydrogens (tertiary/aromatic N) is 6. The number of rotatable bonds is 10. The average Bonchev–Trinajstić information content (AvgIpc) is 3.76. The van der Waals surface area contributed by atoms with E-state index in [1.165, 1.54) is 7.11 Å². The van der Waals surface area contributed by atoms with Gasteiger partial charge in [-0.1, -0.05) is 59.6 Å². The Morgan fingerprint density at radius 3 is 2.33 bits per heavy atom. The number of nitrogens with one attached hydrogen (secondary N) is 1. The monoisotopic (exact) mass is 813 g/mol. The van der Waals surface area contributed by atoms with Crippen LogP contribution in [0.3, 0.4) is 0 Å². The predicted octanol–water partition coefficient (Wildman–Crippen LogP) is 6.59. The van der Waals surface area contributed by atoms with Gasteiger partial charge in [0.25, 0.3) is 5.56 Å². The van der Waals surface area contributed by atoms with Crippen molar-refractivity contribution in [2.45, 2.75) is 58.3 Å². The van der Waals surface area contributed by atoms with Crippen molar-refractivity contribution in [1.82, 2.24) is 34.3 Å². The van der Waals surface area contributed by atoms with Gasteiger partial charge in [0.2, 0.25) is 11.8 Å². The maximum absolute atomic E-state index is 13.5. The Kier molecular flexibility index (Phi) is 10.3. The third-order valence-corrected chi connectivity index (χ3v) is 11.6. The molecular weight excluding hydrogens is 769 g/mol. The van der Waals surface area contributed by atoms with E-state index >= 15 is 0 Å². The third-order valence-electron chi connectivity index (χ3n) is 10.8. The molecule has 298 valence electrons. The van der Waals surface area contributed by atoms with Crippen molar-refractivity contribution in [1.29, 1.82) is 0 Å². The first-order chi connectivity index (χ1) is 27.2. The number of hydrogen-bond donors (Lipinski definition) is 1. The average molecular weight is 815 g/mol. The number of aromatic nitrogens is 4. The number of halogens is 2. The van der Waals surface area contributed by atoms with E-state index < -0.39 is 11.7 Å². The molecule has 57 heavy (non-hydrogen) atoms. The highest BCUT2D eigenvalue weighted by Gasteiger charge is 2.49. The van der Waals surface area contributed by atoms with Gasteiger partial charge in [0.15, 0.2) is 0 Å². The lowest BCUT2D eigenvalue weighted by molar-refractivity contribution is -0.191. The number of pyridine rings is 1. The molecule has 15 heteroatoms. The second-order valence-corrected chi connectivity index (χ2v) is 17.1. The molecule has 1 spiro atoms. The van der Waals surface area contributed by atoms with Gasteiger partial charge in [-0.2, -0.15) is 5.10 Å². The summed E-state index contributed by atoms with van der Waals surface area (Å²) in [5, 5.41) is 8.68. The fourth-order valence-corrected chi connectivity index (χ4v) is 8.54. The van der Waals surface area contributed by atoms with Gasteiger partial charge in [0.05, 0.1) is 49.2 Å². The molecule has 0 radical (unpaired) electrons. The number of carbonyl (C=O) groups is 2. The molecule has 3 saturated heterocycles. The zero-order valence-corrected chi connectivity index (χ0v) is 34.1. The first kappa shape index (κ1) is 38.9. The van der Waals surface area contributed by atoms with Crippen LogP contribution in [0.2, 0.25) is 10.0 Å². The topological polar surface area (TPSA) is 133 Å². The van der Waals surface area contributed by atoms with Gasteiger partial charge in [0.1, 0.15) is 16.9 Å². The summed E-state index contributed by atoms with van der Waals surface area (Å²) < 4.78 is 20.1. The minimum atomic E-state index is -0.704. The Morgan fingerprint density at radius 1 is 1.02 bits per heavy atom. The van der Waals surface area contributed by atoms with Crippen LogP contribution in [-0.4, -0.2) is 92.6 Å². The molecule has 6 heterocycles. The maximum atomic E-state index is 13.5. The van der Waals surface area contributed by atoms with Crippen LogP contribution in [0, 0.1) is 5.41 Å². The molecular formula is C42H45Cl2N7O6. The van der Waals surface area contributed by atoms with Gasteiger partial charge >= 0.3 is 6.09 Å². The highest BCUT2D eigenvalue weighted by molar-refractivity contribution is 6.39. The van der Waals surface area contributed by atoms with Crippen LogP contribution in [0.1, 0.15) is 45.0 Å². The van der Waals surface area contributed by atoms with E-state index in [-0.39, 0.29) is 36.0 Å². The molecule has 1 atom stereocenters. The standard InChI is InChI=1S/C42H45Cl2N7O6/c1-41(2,3)57-40(54)50(19-27-13-15-35(52)45-27)17-25-12-14-32(46-38(25)55-5)31-11-7-10-30(37(31)44)29-9-6-8-28(36(29)43)26-16-33-39(53)48(4)34(47-51(33)18-26)20-49-21-42(22-49)23-56-24-42/h6-12,14,16,18,27H,13,15,17,19-24H2,1-5H3,(H,45,52)/t27-/m0/s1. The Morgan fingerprint density at radius 2 is 1.70 bits per heavy atom. The molecule has 13 nitrogen and oxygen atoms in total. The van der Waals surface area contributed by atoms with Crippen LogP contribution in [0.5, 0.6) is 5.88 Å². The number of ether oxygens (including phenoxy) is 3. The number of benzene rings is 2. The number of methoxy groups -OCH3 is 1. The van der Waals surface area contributed by atoms with E-state index in [9.17, 15) is 14.4 Å². The van der Waals surface area contributed by atoms with E-state index in [0.29, 0.717) is 74.6 Å². The van der Waals surface area contributed by atoms with E-state index in [4.69, 9.17) is 47.5 Å². The van der Waals surface area contributed by atoms with Crippen molar-refractivity contribution in [3.05, 3.63) is 92.6 Å². The third kappa shape index (κ3) is 7.73. The summed E-state index contributed by atoms with van der Waals surface area (Å²) in [4.78, 5) is 47.4. The maximum Gasteiger partial charge on any atom is 0.410 e. The van der Waals surface area contributed by atoms with Gasteiger partial charge < -0.3 is 24.4 Å². The van der Waals surface area contributed by atoms with Crippen molar-refractivity contribution in [2.24, 2.45) is 12.5 Å². The second kappa shape index (κ2) is 15.1. The fourth-order valence-electron chi connectivity index (χ4n) is 7.88. The highest BCUT2D eigenvalue weighted by Crippen LogP contribution is 2.43. The lowest BCUT2D eigenvalue weighted by Gasteiger charge is -2.55. The van der Waals surface area contributed by atoms with Crippen LogP contribution in [0.4, 0.5) is 4.79 Å². The molecule has 3 aliphatic heterocycles. The largest absolute Gasteiger partial charge is 0.481 e. The summed E-state index contributed by atoms with van der Waals surface area (Å²) in [5.74, 6) is 0.974. The normalized spacial score (nSPS) is 17.7. The van der Waals surface area contributed by atoms with Crippen LogP contribution in [0.25, 0.3) is 39.0 Å². The molecule has 3 fully saturated rings. The Bertz CT molecular complexity index is 2450. The molecule has 2 aromatic carbocycles. The van der Waals surface area contributed by atoms with Crippen molar-refractivity contribution >= 4 is 40.7 Å². The molecule has 3 aliphatic rings. The molecule has 8 rings (SSSR count). The summed E-state index contributed by atoms with van der Waals surface area (Å²) in [6.07, 6.45) is 2.39. The minimum absolute atomic E-state index is 0.0348. The van der Waals surface area contributed by atoms with E-state index in [1.54, 1.807) is 21.0 Å². The number of amides is 2. The number of fused-ring (bicyclic) bond motifs is 1. The molecule has 2 amide bonds. The lowest BCUT2D eigenvalue weighted by Crippen LogP contribution is -2.65. The molecule has 3 aromatic heterocycles. The zero-order chi connectivity index (χ0) is 40.2. The number of hydrogen-bond acceptors (Lipinski definition) is 9. The van der Waals surface area contributed by atoms with Gasteiger partial charge in [-0.25, -0.2) is 14.3 Å². The summed E-state index contributed by atoms with van der Waals surface area (Å²) in [5.41, 5.74) is 4.66. The van der Waals surface area contributed by atoms with E-state index in [2.05, 4.69) is 10.2 Å². The minimum Gasteiger partial charge on any atom is -0.481 e. The zero-order valence-electron chi connectivity index (χ0n) is 32.6. The number of carbonyl (C=O) groups excluding carboxylic acids is 2. The summed E-state index contributed by atoms with van der Waals surface area (Å²) in [7, 11) is 3.29. The van der Waals surface area contributed by atoms with E-state index in [0.717, 1.165) is 37.4 Å². The summed E-state index contributed by atoms with van der Waals surface area (Å²) in [6, 6.07) is 16.7. The van der Waals surface area contributed by atoms with E-state index in [1.807, 2.05) is 81.6 Å². The van der Waals surface area contributed by atoms with Crippen LogP contribution in [0.15, 0.2) is 65.6 Å². The summed E-state index contributed by atoms with van der Waals surface area (Å²) in [6.45, 7) is 9.93. The van der Waals surface area contributed by atoms with Crippen molar-refractivity contribution in [3.8, 4) is 39.4 Å². The lowest BCUT2D eigenvalue weighted by atomic mass is 9.78. The first-order valence-electron chi connectivity index (χ1n) is 19.0. The van der Waals surface area contributed by atoms with Crippen molar-refractivity contribution in [2.75, 3.05) is 40.0 Å². The van der Waals surface area contributed by atoms with Crippen LogP contribution < -0.4 is 15.6 Å². The van der Waals surface area contributed by atoms with Crippen LogP contribution >= 0.6 is 23.2 Å². The Balaban J connectivity index is 1.06. The highest BCUT2D eigenvalue weighted by atomic mass is 35.5. The van der Waals surface area contributed by atoms with Crippen LogP contribution in [-0.2, 0) is 34.4 Å².